The molecule has 1 aromatic carbocycles. The number of nitrogens with one attached hydrogen (secondary N) is 1. The first kappa shape index (κ1) is 23.4. The van der Waals surface area contributed by atoms with Crippen molar-refractivity contribution in [3.8, 4) is 23.5 Å². The lowest BCUT2D eigenvalue weighted by Crippen LogP contribution is -2.59. The average Bonchev–Trinajstić information content (AvgIpc) is 3.64. The highest BCUT2D eigenvalue weighted by Crippen LogP contribution is 2.43. The number of nitriles is 1. The summed E-state index contributed by atoms with van der Waals surface area (Å²) in [6, 6.07) is 10.7. The molecule has 1 spiro atoms. The molecule has 0 radical (unpaired) electrons. The predicted molar refractivity (Wildman–Crippen MR) is 139 cm³/mol. The summed E-state index contributed by atoms with van der Waals surface area (Å²) in [5.41, 5.74) is 2.34. The summed E-state index contributed by atoms with van der Waals surface area (Å²) < 4.78 is 6.16. The van der Waals surface area contributed by atoms with Crippen LogP contribution in [0.25, 0.3) is 22.3 Å². The van der Waals surface area contributed by atoms with Crippen molar-refractivity contribution >= 4 is 22.6 Å². The van der Waals surface area contributed by atoms with Crippen LogP contribution in [0.4, 0.5) is 5.82 Å². The van der Waals surface area contributed by atoms with Crippen molar-refractivity contribution in [1.29, 1.82) is 5.26 Å². The number of hydrogen-bond donors (Lipinski definition) is 1. The number of fused-ring (bicyclic) bond motifs is 1. The molecule has 3 aliphatic rings. The van der Waals surface area contributed by atoms with Gasteiger partial charge in [0.15, 0.2) is 5.82 Å². The summed E-state index contributed by atoms with van der Waals surface area (Å²) in [6.45, 7) is 7.98. The van der Waals surface area contributed by atoms with Crippen LogP contribution in [0.5, 0.6) is 6.01 Å². The van der Waals surface area contributed by atoms with E-state index in [-0.39, 0.29) is 17.3 Å². The largest absolute Gasteiger partial charge is 0.462 e. The number of benzene rings is 1. The molecule has 37 heavy (non-hydrogen) atoms. The zero-order valence-corrected chi connectivity index (χ0v) is 21.0. The van der Waals surface area contributed by atoms with Crippen LogP contribution in [0.3, 0.4) is 0 Å². The molecule has 0 bridgehead atoms. The molecule has 10 nitrogen and oxygen atoms in total. The molecule has 2 aromatic heterocycles. The Morgan fingerprint density at radius 3 is 2.86 bits per heavy atom. The van der Waals surface area contributed by atoms with E-state index < -0.39 is 0 Å². The number of para-hydroxylation sites is 1. The maximum Gasteiger partial charge on any atom is 0.319 e. The van der Waals surface area contributed by atoms with Crippen molar-refractivity contribution in [2.45, 2.75) is 25.3 Å². The second-order valence-corrected chi connectivity index (χ2v) is 10.4. The van der Waals surface area contributed by atoms with Crippen molar-refractivity contribution in [3.05, 3.63) is 42.5 Å². The maximum atomic E-state index is 12.0. The number of anilines is 1. The van der Waals surface area contributed by atoms with E-state index in [4.69, 9.17) is 14.7 Å². The van der Waals surface area contributed by atoms with Crippen molar-refractivity contribution in [3.63, 3.8) is 0 Å². The molecule has 1 atom stereocenters. The van der Waals surface area contributed by atoms with E-state index in [9.17, 15) is 10.1 Å². The topological polar surface area (TPSA) is 114 Å². The standard InChI is InChI=1S/C27H30N8O2/c1-3-22(36)35-16-27(17-35)10-12-34(15-27)25-20(13-28)23(24-19-8-4-5-9-21(19)31-32-24)29-26(30-25)37-14-18-7-6-11-33(18)2/h3-5,8-9,18H,1,6-7,10-12,14-17H2,2H3,(H,31,32). The van der Waals surface area contributed by atoms with Crippen LogP contribution in [-0.4, -0.2) is 88.3 Å². The minimum Gasteiger partial charge on any atom is -0.462 e. The summed E-state index contributed by atoms with van der Waals surface area (Å²) in [5.74, 6) is 0.531. The first-order valence-corrected chi connectivity index (χ1v) is 12.8. The van der Waals surface area contributed by atoms with Gasteiger partial charge in [-0.1, -0.05) is 24.8 Å². The average molecular weight is 499 g/mol. The summed E-state index contributed by atoms with van der Waals surface area (Å²) in [6.07, 6.45) is 4.51. The van der Waals surface area contributed by atoms with E-state index in [0.717, 1.165) is 43.3 Å². The molecule has 6 rings (SSSR count). The van der Waals surface area contributed by atoms with Crippen LogP contribution >= 0.6 is 0 Å². The lowest BCUT2D eigenvalue weighted by molar-refractivity contribution is -0.136. The first-order chi connectivity index (χ1) is 18.0. The number of amides is 1. The van der Waals surface area contributed by atoms with Crippen LogP contribution in [0.2, 0.25) is 0 Å². The van der Waals surface area contributed by atoms with Crippen LogP contribution in [0.15, 0.2) is 36.9 Å². The molecular weight excluding hydrogens is 468 g/mol. The van der Waals surface area contributed by atoms with Gasteiger partial charge in [0, 0.05) is 43.0 Å². The fraction of sp³-hybridized carbons (Fsp3) is 0.444. The van der Waals surface area contributed by atoms with Gasteiger partial charge in [-0.25, -0.2) is 0 Å². The number of carbonyl (C=O) groups is 1. The van der Waals surface area contributed by atoms with Crippen LogP contribution in [0.1, 0.15) is 24.8 Å². The van der Waals surface area contributed by atoms with Gasteiger partial charge in [-0.15, -0.1) is 0 Å². The van der Waals surface area contributed by atoms with E-state index in [1.807, 2.05) is 29.2 Å². The molecule has 1 N–H and O–H groups in total. The Bertz CT molecular complexity index is 1400. The predicted octanol–water partition coefficient (Wildman–Crippen LogP) is 2.59. The minimum absolute atomic E-state index is 0.00310. The number of aromatic nitrogens is 4. The van der Waals surface area contributed by atoms with Gasteiger partial charge < -0.3 is 19.4 Å². The van der Waals surface area contributed by atoms with Gasteiger partial charge in [0.25, 0.3) is 0 Å². The molecule has 5 heterocycles. The smallest absolute Gasteiger partial charge is 0.319 e. The number of ether oxygens (including phenoxy) is 1. The Balaban J connectivity index is 1.36. The van der Waals surface area contributed by atoms with Crippen molar-refractivity contribution in [2.75, 3.05) is 51.3 Å². The molecule has 0 aliphatic carbocycles. The quantitative estimate of drug-likeness (QED) is 0.516. The molecule has 10 heteroatoms. The monoisotopic (exact) mass is 498 g/mol. The minimum atomic E-state index is -0.0379. The first-order valence-electron chi connectivity index (χ1n) is 12.8. The molecule has 3 aromatic rings. The Morgan fingerprint density at radius 2 is 2.11 bits per heavy atom. The number of likely N-dealkylation sites (tertiary alicyclic amines) is 2. The van der Waals surface area contributed by atoms with Crippen molar-refractivity contribution in [1.82, 2.24) is 30.0 Å². The van der Waals surface area contributed by atoms with E-state index in [0.29, 0.717) is 55.1 Å². The summed E-state index contributed by atoms with van der Waals surface area (Å²) in [5, 5.41) is 18.8. The molecule has 3 saturated heterocycles. The highest BCUT2D eigenvalue weighted by atomic mass is 16.5. The molecule has 0 saturated carbocycles. The number of rotatable bonds is 6. The number of likely N-dealkylation sites (N-methyl/N-ethyl adjacent to an activating group) is 1. The third kappa shape index (κ3) is 4.09. The number of aromatic amines is 1. The normalized spacial score (nSPS) is 20.8. The fourth-order valence-electron chi connectivity index (χ4n) is 5.92. The van der Waals surface area contributed by atoms with Gasteiger partial charge in [0.2, 0.25) is 5.91 Å². The molecule has 190 valence electrons. The number of nitrogens with zero attached hydrogens (tertiary/aromatic N) is 7. The van der Waals surface area contributed by atoms with Crippen LogP contribution in [-0.2, 0) is 4.79 Å². The number of H-pyrrole nitrogens is 1. The molecular formula is C27H30N8O2. The summed E-state index contributed by atoms with van der Waals surface area (Å²) >= 11 is 0. The zero-order chi connectivity index (χ0) is 25.6. The second kappa shape index (κ2) is 9.16. The number of hydrogen-bond acceptors (Lipinski definition) is 8. The Kier molecular flexibility index (Phi) is 5.80. The van der Waals surface area contributed by atoms with Crippen molar-refractivity contribution < 1.29 is 9.53 Å². The van der Waals surface area contributed by atoms with E-state index in [2.05, 4.69) is 39.7 Å². The highest BCUT2D eigenvalue weighted by Gasteiger charge is 2.49. The lowest BCUT2D eigenvalue weighted by Gasteiger charge is -2.47. The molecule has 1 amide bonds. The molecule has 3 fully saturated rings. The molecule has 1 unspecified atom stereocenters. The van der Waals surface area contributed by atoms with Gasteiger partial charge in [-0.05, 0) is 45.0 Å². The van der Waals surface area contributed by atoms with Crippen LogP contribution in [0, 0.1) is 16.7 Å². The van der Waals surface area contributed by atoms with Gasteiger partial charge in [0.1, 0.15) is 29.6 Å². The second-order valence-electron chi connectivity index (χ2n) is 10.4. The summed E-state index contributed by atoms with van der Waals surface area (Å²) in [7, 11) is 2.11. The van der Waals surface area contributed by atoms with Gasteiger partial charge in [-0.3, -0.25) is 9.89 Å². The number of carbonyl (C=O) groups excluding carboxylic acids is 1. The highest BCUT2D eigenvalue weighted by molar-refractivity contribution is 5.94. The van der Waals surface area contributed by atoms with E-state index in [1.54, 1.807) is 0 Å². The SMILES string of the molecule is C=CC(=O)N1CC2(CCN(c3nc(OCC4CCCN4C)nc(-c4n[nH]c5ccccc45)c3C#N)C2)C1. The van der Waals surface area contributed by atoms with Gasteiger partial charge in [0.05, 0.1) is 5.52 Å². The molecule has 3 aliphatic heterocycles. The summed E-state index contributed by atoms with van der Waals surface area (Å²) in [4.78, 5) is 27.8. The zero-order valence-electron chi connectivity index (χ0n) is 21.0. The Hall–Kier alpha value is -3.97. The fourth-order valence-corrected chi connectivity index (χ4v) is 5.92. The lowest BCUT2D eigenvalue weighted by atomic mass is 9.79. The van der Waals surface area contributed by atoms with Crippen LogP contribution < -0.4 is 9.64 Å². The Morgan fingerprint density at radius 1 is 1.27 bits per heavy atom. The van der Waals surface area contributed by atoms with Crippen molar-refractivity contribution in [2.24, 2.45) is 5.41 Å². The maximum absolute atomic E-state index is 12.0. The Labute approximate surface area is 215 Å². The van der Waals surface area contributed by atoms with Gasteiger partial charge >= 0.3 is 6.01 Å². The third-order valence-corrected chi connectivity index (χ3v) is 8.03. The van der Waals surface area contributed by atoms with E-state index >= 15 is 0 Å². The van der Waals surface area contributed by atoms with E-state index in [1.165, 1.54) is 6.08 Å². The third-order valence-electron chi connectivity index (χ3n) is 8.03. The van der Waals surface area contributed by atoms with Gasteiger partial charge in [-0.2, -0.15) is 20.3 Å².